The number of aromatic nitrogens is 2. The van der Waals surface area contributed by atoms with Crippen LogP contribution >= 0.6 is 0 Å². The molecule has 1 saturated heterocycles. The Morgan fingerprint density at radius 2 is 2.39 bits per heavy atom. The number of piperidine rings is 1. The van der Waals surface area contributed by atoms with Crippen LogP contribution in [0.25, 0.3) is 11.0 Å². The lowest BCUT2D eigenvalue weighted by Gasteiger charge is -2.31. The molecule has 1 N–H and O–H groups in total. The molecule has 1 aliphatic heterocycles. The van der Waals surface area contributed by atoms with Crippen molar-refractivity contribution in [2.24, 2.45) is 5.92 Å². The Morgan fingerprint density at radius 1 is 1.50 bits per heavy atom. The van der Waals surface area contributed by atoms with Crippen LogP contribution in [0.3, 0.4) is 0 Å². The first-order valence-electron chi connectivity index (χ1n) is 6.46. The molecule has 1 amide bonds. The molecule has 2 heterocycles. The van der Waals surface area contributed by atoms with E-state index in [4.69, 9.17) is 0 Å². The van der Waals surface area contributed by atoms with E-state index in [2.05, 4.69) is 16.9 Å². The summed E-state index contributed by atoms with van der Waals surface area (Å²) >= 11 is 0. The molecule has 2 aromatic rings. The molecule has 3 rings (SSSR count). The number of imidazole rings is 1. The van der Waals surface area contributed by atoms with Crippen molar-refractivity contribution in [3.05, 3.63) is 30.1 Å². The first kappa shape index (κ1) is 11.3. The van der Waals surface area contributed by atoms with Gasteiger partial charge in [0.05, 0.1) is 17.4 Å². The van der Waals surface area contributed by atoms with E-state index >= 15 is 0 Å². The Hall–Kier alpha value is -1.84. The molecular weight excluding hydrogens is 226 g/mol. The number of nitrogens with zero attached hydrogens (tertiary/aromatic N) is 2. The number of aromatic amines is 1. The number of benzene rings is 1. The molecular formula is C14H17N3O. The van der Waals surface area contributed by atoms with Crippen molar-refractivity contribution >= 4 is 16.9 Å². The fourth-order valence-corrected chi connectivity index (χ4v) is 2.63. The number of amides is 1. The van der Waals surface area contributed by atoms with Crippen LogP contribution in [-0.2, 0) is 0 Å². The number of fused-ring (bicyclic) bond motifs is 1. The Morgan fingerprint density at radius 3 is 3.22 bits per heavy atom. The summed E-state index contributed by atoms with van der Waals surface area (Å²) in [7, 11) is 0. The molecule has 1 aliphatic rings. The van der Waals surface area contributed by atoms with Gasteiger partial charge in [-0.25, -0.2) is 4.98 Å². The van der Waals surface area contributed by atoms with Crippen molar-refractivity contribution < 1.29 is 4.79 Å². The maximum absolute atomic E-state index is 12.4. The van der Waals surface area contributed by atoms with Crippen molar-refractivity contribution in [3.8, 4) is 0 Å². The molecule has 4 heteroatoms. The predicted molar refractivity (Wildman–Crippen MR) is 70.4 cm³/mol. The van der Waals surface area contributed by atoms with Crippen molar-refractivity contribution in [1.29, 1.82) is 0 Å². The number of hydrogen-bond donors (Lipinski definition) is 1. The van der Waals surface area contributed by atoms with E-state index in [0.717, 1.165) is 36.1 Å². The van der Waals surface area contributed by atoms with E-state index < -0.39 is 0 Å². The second kappa shape index (κ2) is 4.44. The normalized spacial score (nSPS) is 20.3. The molecule has 18 heavy (non-hydrogen) atoms. The van der Waals surface area contributed by atoms with Gasteiger partial charge < -0.3 is 9.88 Å². The molecule has 0 unspecified atom stereocenters. The molecule has 0 saturated carbocycles. The fourth-order valence-electron chi connectivity index (χ4n) is 2.63. The lowest BCUT2D eigenvalue weighted by atomic mass is 9.99. The van der Waals surface area contributed by atoms with Crippen LogP contribution < -0.4 is 0 Å². The molecule has 1 aromatic carbocycles. The van der Waals surface area contributed by atoms with Crippen molar-refractivity contribution in [1.82, 2.24) is 14.9 Å². The zero-order valence-electron chi connectivity index (χ0n) is 10.5. The summed E-state index contributed by atoms with van der Waals surface area (Å²) in [6.45, 7) is 3.96. The quantitative estimate of drug-likeness (QED) is 0.836. The number of rotatable bonds is 1. The average molecular weight is 243 g/mol. The molecule has 0 spiro atoms. The number of H-pyrrole nitrogens is 1. The first-order chi connectivity index (χ1) is 8.74. The highest BCUT2D eigenvalue weighted by Gasteiger charge is 2.22. The standard InChI is InChI=1S/C14H17N3O/c1-10-3-2-6-17(8-10)14(18)11-4-5-12-13(7-11)16-9-15-12/h4-5,7,9-10H,2-3,6,8H2,1H3,(H,15,16)/t10-/m0/s1. The van der Waals surface area contributed by atoms with Gasteiger partial charge in [0.25, 0.3) is 5.91 Å². The number of likely N-dealkylation sites (tertiary alicyclic amines) is 1. The van der Waals surface area contributed by atoms with Crippen LogP contribution in [0.1, 0.15) is 30.1 Å². The molecule has 0 radical (unpaired) electrons. The van der Waals surface area contributed by atoms with Gasteiger partial charge in [-0.1, -0.05) is 6.92 Å². The number of hydrogen-bond acceptors (Lipinski definition) is 2. The van der Waals surface area contributed by atoms with Gasteiger partial charge in [0, 0.05) is 18.7 Å². The van der Waals surface area contributed by atoms with Crippen LogP contribution in [0.15, 0.2) is 24.5 Å². The largest absolute Gasteiger partial charge is 0.345 e. The fraction of sp³-hybridized carbons (Fsp3) is 0.429. The van der Waals surface area contributed by atoms with Crippen LogP contribution in [0, 0.1) is 5.92 Å². The third-order valence-electron chi connectivity index (χ3n) is 3.61. The van der Waals surface area contributed by atoms with E-state index in [1.54, 1.807) is 6.33 Å². The lowest BCUT2D eigenvalue weighted by molar-refractivity contribution is 0.0683. The SMILES string of the molecule is C[C@H]1CCCN(C(=O)c2ccc3nc[nH]c3c2)C1. The molecule has 0 bridgehead atoms. The van der Waals surface area contributed by atoms with Gasteiger partial charge in [-0.2, -0.15) is 0 Å². The summed E-state index contributed by atoms with van der Waals surface area (Å²) in [5.41, 5.74) is 2.57. The molecule has 4 nitrogen and oxygen atoms in total. The van der Waals surface area contributed by atoms with Gasteiger partial charge in [-0.15, -0.1) is 0 Å². The van der Waals surface area contributed by atoms with Gasteiger partial charge in [-0.3, -0.25) is 4.79 Å². The smallest absolute Gasteiger partial charge is 0.253 e. The highest BCUT2D eigenvalue weighted by atomic mass is 16.2. The third kappa shape index (κ3) is 1.98. The van der Waals surface area contributed by atoms with E-state index in [1.165, 1.54) is 6.42 Å². The monoisotopic (exact) mass is 243 g/mol. The summed E-state index contributed by atoms with van der Waals surface area (Å²) < 4.78 is 0. The number of carbonyl (C=O) groups excluding carboxylic acids is 1. The second-order valence-electron chi connectivity index (χ2n) is 5.13. The molecule has 0 aliphatic carbocycles. The second-order valence-corrected chi connectivity index (χ2v) is 5.13. The van der Waals surface area contributed by atoms with Gasteiger partial charge in [0.1, 0.15) is 0 Å². The zero-order chi connectivity index (χ0) is 12.5. The maximum Gasteiger partial charge on any atom is 0.253 e. The Balaban J connectivity index is 1.86. The van der Waals surface area contributed by atoms with E-state index in [1.807, 2.05) is 23.1 Å². The average Bonchev–Trinajstić information content (AvgIpc) is 2.85. The van der Waals surface area contributed by atoms with Crippen molar-refractivity contribution in [3.63, 3.8) is 0 Å². The topological polar surface area (TPSA) is 49.0 Å². The van der Waals surface area contributed by atoms with Crippen LogP contribution in [-0.4, -0.2) is 33.9 Å². The number of nitrogens with one attached hydrogen (secondary N) is 1. The Bertz CT molecular complexity index is 575. The highest BCUT2D eigenvalue weighted by Crippen LogP contribution is 2.19. The van der Waals surface area contributed by atoms with Gasteiger partial charge in [0.2, 0.25) is 0 Å². The van der Waals surface area contributed by atoms with Crippen molar-refractivity contribution in [2.45, 2.75) is 19.8 Å². The lowest BCUT2D eigenvalue weighted by Crippen LogP contribution is -2.39. The highest BCUT2D eigenvalue weighted by molar-refractivity contribution is 5.97. The summed E-state index contributed by atoms with van der Waals surface area (Å²) in [6, 6.07) is 5.65. The summed E-state index contributed by atoms with van der Waals surface area (Å²) in [6.07, 6.45) is 3.99. The predicted octanol–water partition coefficient (Wildman–Crippen LogP) is 2.44. The first-order valence-corrected chi connectivity index (χ1v) is 6.46. The summed E-state index contributed by atoms with van der Waals surface area (Å²) in [4.78, 5) is 21.6. The Labute approximate surface area is 106 Å². The third-order valence-corrected chi connectivity index (χ3v) is 3.61. The van der Waals surface area contributed by atoms with Crippen LogP contribution in [0.2, 0.25) is 0 Å². The molecule has 94 valence electrons. The minimum atomic E-state index is 0.137. The molecule has 1 aromatic heterocycles. The van der Waals surface area contributed by atoms with Crippen molar-refractivity contribution in [2.75, 3.05) is 13.1 Å². The van der Waals surface area contributed by atoms with Gasteiger partial charge >= 0.3 is 0 Å². The maximum atomic E-state index is 12.4. The minimum Gasteiger partial charge on any atom is -0.345 e. The molecule has 1 atom stereocenters. The van der Waals surface area contributed by atoms with Gasteiger partial charge in [0.15, 0.2) is 0 Å². The van der Waals surface area contributed by atoms with E-state index in [9.17, 15) is 4.79 Å². The van der Waals surface area contributed by atoms with Crippen LogP contribution in [0.5, 0.6) is 0 Å². The summed E-state index contributed by atoms with van der Waals surface area (Å²) in [5, 5.41) is 0. The van der Waals surface area contributed by atoms with E-state index in [0.29, 0.717) is 5.92 Å². The Kier molecular flexibility index (Phi) is 2.78. The van der Waals surface area contributed by atoms with Crippen LogP contribution in [0.4, 0.5) is 0 Å². The summed E-state index contributed by atoms with van der Waals surface area (Å²) in [5.74, 6) is 0.747. The van der Waals surface area contributed by atoms with E-state index in [-0.39, 0.29) is 5.91 Å². The minimum absolute atomic E-state index is 0.137. The number of carbonyl (C=O) groups is 1. The van der Waals surface area contributed by atoms with Gasteiger partial charge in [-0.05, 0) is 37.0 Å². The zero-order valence-corrected chi connectivity index (χ0v) is 10.5. The molecule has 1 fully saturated rings.